The van der Waals surface area contributed by atoms with Crippen molar-refractivity contribution < 1.29 is 14.1 Å². The van der Waals surface area contributed by atoms with E-state index in [0.717, 1.165) is 31.2 Å². The van der Waals surface area contributed by atoms with Gasteiger partial charge in [-0.3, -0.25) is 9.59 Å². The molecule has 6 heteroatoms. The summed E-state index contributed by atoms with van der Waals surface area (Å²) < 4.78 is 5.37. The lowest BCUT2D eigenvalue weighted by Gasteiger charge is -2.36. The largest absolute Gasteiger partial charge is 0.356 e. The summed E-state index contributed by atoms with van der Waals surface area (Å²) in [6, 6.07) is 11.8. The van der Waals surface area contributed by atoms with E-state index >= 15 is 0 Å². The van der Waals surface area contributed by atoms with E-state index in [0.29, 0.717) is 31.1 Å². The first-order valence-electron chi connectivity index (χ1n) is 8.83. The zero-order valence-electron chi connectivity index (χ0n) is 14.1. The maximum atomic E-state index is 12.4. The van der Waals surface area contributed by atoms with E-state index in [4.69, 9.17) is 4.52 Å². The van der Waals surface area contributed by atoms with Crippen LogP contribution in [0.3, 0.4) is 0 Å². The molecule has 1 saturated heterocycles. The second kappa shape index (κ2) is 6.70. The number of amides is 2. The molecule has 2 heterocycles. The van der Waals surface area contributed by atoms with Crippen LogP contribution in [0.2, 0.25) is 0 Å². The van der Waals surface area contributed by atoms with Gasteiger partial charge in [0.15, 0.2) is 5.76 Å². The Morgan fingerprint density at radius 1 is 1.04 bits per heavy atom. The van der Waals surface area contributed by atoms with Crippen molar-refractivity contribution in [3.8, 4) is 11.3 Å². The molecule has 1 aliphatic heterocycles. The molecule has 2 aromatic rings. The number of hydrogen-bond acceptors (Lipinski definition) is 4. The van der Waals surface area contributed by atoms with E-state index in [2.05, 4.69) is 5.16 Å². The SMILES string of the molecule is O=C1C(=O)N(C2CCCC2)CCN1Cc1cc(-c2ccccc2)on1. The molecule has 2 amide bonds. The van der Waals surface area contributed by atoms with Crippen molar-refractivity contribution in [2.45, 2.75) is 38.3 Å². The molecule has 0 radical (unpaired) electrons. The lowest BCUT2D eigenvalue weighted by molar-refractivity contribution is -0.158. The monoisotopic (exact) mass is 339 g/mol. The first kappa shape index (κ1) is 15.9. The molecule has 6 nitrogen and oxygen atoms in total. The van der Waals surface area contributed by atoms with E-state index in [1.54, 1.807) is 9.80 Å². The van der Waals surface area contributed by atoms with E-state index in [1.165, 1.54) is 0 Å². The number of carbonyl (C=O) groups excluding carboxylic acids is 2. The van der Waals surface area contributed by atoms with Crippen LogP contribution in [-0.4, -0.2) is 45.9 Å². The zero-order valence-corrected chi connectivity index (χ0v) is 14.1. The van der Waals surface area contributed by atoms with Crippen LogP contribution < -0.4 is 0 Å². The molecule has 130 valence electrons. The van der Waals surface area contributed by atoms with Gasteiger partial charge in [0, 0.05) is 30.8 Å². The van der Waals surface area contributed by atoms with Crippen LogP contribution in [0.1, 0.15) is 31.4 Å². The van der Waals surface area contributed by atoms with Gasteiger partial charge in [-0.05, 0) is 12.8 Å². The summed E-state index contributed by atoms with van der Waals surface area (Å²) in [5.74, 6) is -0.133. The Kier molecular flexibility index (Phi) is 4.26. The number of hydrogen-bond donors (Lipinski definition) is 0. The zero-order chi connectivity index (χ0) is 17.2. The Hall–Kier alpha value is -2.63. The summed E-state index contributed by atoms with van der Waals surface area (Å²) >= 11 is 0. The van der Waals surface area contributed by atoms with Crippen LogP contribution in [0, 0.1) is 0 Å². The highest BCUT2D eigenvalue weighted by molar-refractivity contribution is 6.35. The predicted molar refractivity (Wildman–Crippen MR) is 91.3 cm³/mol. The van der Waals surface area contributed by atoms with Gasteiger partial charge in [0.25, 0.3) is 0 Å². The Morgan fingerprint density at radius 3 is 2.56 bits per heavy atom. The summed E-state index contributed by atoms with van der Waals surface area (Å²) in [5.41, 5.74) is 1.60. The molecule has 0 bridgehead atoms. The van der Waals surface area contributed by atoms with Crippen LogP contribution in [0.25, 0.3) is 11.3 Å². The van der Waals surface area contributed by atoms with Crippen LogP contribution in [-0.2, 0) is 16.1 Å². The Bertz CT molecular complexity index is 765. The smallest absolute Gasteiger partial charge is 0.312 e. The van der Waals surface area contributed by atoms with Gasteiger partial charge in [0.2, 0.25) is 0 Å². The number of carbonyl (C=O) groups is 2. The van der Waals surface area contributed by atoms with Gasteiger partial charge in [-0.2, -0.15) is 0 Å². The minimum absolute atomic E-state index is 0.246. The molecule has 2 aliphatic rings. The van der Waals surface area contributed by atoms with Crippen molar-refractivity contribution in [1.82, 2.24) is 15.0 Å². The summed E-state index contributed by atoms with van der Waals surface area (Å²) in [7, 11) is 0. The van der Waals surface area contributed by atoms with E-state index in [9.17, 15) is 9.59 Å². The van der Waals surface area contributed by atoms with Crippen molar-refractivity contribution in [3.05, 3.63) is 42.1 Å². The summed E-state index contributed by atoms with van der Waals surface area (Å²) in [6.45, 7) is 1.46. The predicted octanol–water partition coefficient (Wildman–Crippen LogP) is 2.46. The highest BCUT2D eigenvalue weighted by Crippen LogP contribution is 2.26. The number of aromatic nitrogens is 1. The van der Waals surface area contributed by atoms with E-state index in [1.807, 2.05) is 36.4 Å². The second-order valence-electron chi connectivity index (χ2n) is 6.71. The van der Waals surface area contributed by atoms with Crippen LogP contribution in [0.15, 0.2) is 40.9 Å². The van der Waals surface area contributed by atoms with Gasteiger partial charge in [-0.15, -0.1) is 0 Å². The maximum Gasteiger partial charge on any atom is 0.312 e. The average Bonchev–Trinajstić information content (AvgIpc) is 3.32. The van der Waals surface area contributed by atoms with E-state index in [-0.39, 0.29) is 11.9 Å². The Balaban J connectivity index is 1.43. The van der Waals surface area contributed by atoms with Crippen molar-refractivity contribution in [3.63, 3.8) is 0 Å². The normalized spacial score (nSPS) is 19.0. The molecule has 0 unspecified atom stereocenters. The van der Waals surface area contributed by atoms with Crippen LogP contribution in [0.4, 0.5) is 0 Å². The van der Waals surface area contributed by atoms with Crippen molar-refractivity contribution in [2.75, 3.05) is 13.1 Å². The fraction of sp³-hybridized carbons (Fsp3) is 0.421. The fourth-order valence-corrected chi connectivity index (χ4v) is 3.73. The van der Waals surface area contributed by atoms with Crippen molar-refractivity contribution in [1.29, 1.82) is 0 Å². The summed E-state index contributed by atoms with van der Waals surface area (Å²) in [4.78, 5) is 28.2. The Labute approximate surface area is 146 Å². The van der Waals surface area contributed by atoms with Gasteiger partial charge in [0.05, 0.1) is 6.54 Å². The van der Waals surface area contributed by atoms with Crippen LogP contribution >= 0.6 is 0 Å². The third-order valence-electron chi connectivity index (χ3n) is 5.08. The molecule has 2 fully saturated rings. The van der Waals surface area contributed by atoms with E-state index < -0.39 is 5.91 Å². The molecule has 1 aromatic heterocycles. The molecule has 1 saturated carbocycles. The Morgan fingerprint density at radius 2 is 1.80 bits per heavy atom. The molecule has 0 N–H and O–H groups in total. The molecule has 0 spiro atoms. The van der Waals surface area contributed by atoms with Crippen molar-refractivity contribution >= 4 is 11.8 Å². The van der Waals surface area contributed by atoms with Gasteiger partial charge in [-0.25, -0.2) is 0 Å². The van der Waals surface area contributed by atoms with Crippen molar-refractivity contribution in [2.24, 2.45) is 0 Å². The topological polar surface area (TPSA) is 66.7 Å². The van der Waals surface area contributed by atoms with Gasteiger partial charge in [-0.1, -0.05) is 48.3 Å². The highest BCUT2D eigenvalue weighted by Gasteiger charge is 2.37. The fourth-order valence-electron chi connectivity index (χ4n) is 3.73. The third-order valence-corrected chi connectivity index (χ3v) is 5.08. The molecule has 4 rings (SSSR count). The lowest BCUT2D eigenvalue weighted by atomic mass is 10.1. The summed E-state index contributed by atoms with van der Waals surface area (Å²) in [6.07, 6.45) is 4.33. The average molecular weight is 339 g/mol. The number of piperazine rings is 1. The summed E-state index contributed by atoms with van der Waals surface area (Å²) in [5, 5.41) is 4.05. The van der Waals surface area contributed by atoms with Gasteiger partial charge >= 0.3 is 11.8 Å². The lowest BCUT2D eigenvalue weighted by Crippen LogP contribution is -2.56. The minimum atomic E-state index is -0.428. The second-order valence-corrected chi connectivity index (χ2v) is 6.71. The maximum absolute atomic E-state index is 12.4. The standard InChI is InChI=1S/C19H21N3O3/c23-18-19(24)22(16-8-4-5-9-16)11-10-21(18)13-15-12-17(25-20-15)14-6-2-1-3-7-14/h1-3,6-7,12,16H,4-5,8-11,13H2. The highest BCUT2D eigenvalue weighted by atomic mass is 16.5. The van der Waals surface area contributed by atoms with Gasteiger partial charge < -0.3 is 14.3 Å². The molecule has 1 aliphatic carbocycles. The third kappa shape index (κ3) is 3.16. The molecule has 1 aromatic carbocycles. The first-order chi connectivity index (χ1) is 12.2. The molecule has 0 atom stereocenters. The number of nitrogens with zero attached hydrogens (tertiary/aromatic N) is 3. The van der Waals surface area contributed by atoms with Crippen LogP contribution in [0.5, 0.6) is 0 Å². The number of benzene rings is 1. The minimum Gasteiger partial charge on any atom is -0.356 e. The molecular formula is C19H21N3O3. The van der Waals surface area contributed by atoms with Gasteiger partial charge in [0.1, 0.15) is 5.69 Å². The number of rotatable bonds is 4. The first-order valence-corrected chi connectivity index (χ1v) is 8.83. The molecule has 25 heavy (non-hydrogen) atoms. The molecular weight excluding hydrogens is 318 g/mol. The quantitative estimate of drug-likeness (QED) is 0.803.